The van der Waals surface area contributed by atoms with Gasteiger partial charge in [0.2, 0.25) is 0 Å². The molecule has 1 aromatic rings. The van der Waals surface area contributed by atoms with Crippen molar-refractivity contribution in [1.82, 2.24) is 5.32 Å². The Bertz CT molecular complexity index is 446. The van der Waals surface area contributed by atoms with E-state index >= 15 is 0 Å². The Labute approximate surface area is 117 Å². The topological polar surface area (TPSA) is 95.9 Å². The van der Waals surface area contributed by atoms with E-state index in [-0.39, 0.29) is 6.61 Å². The van der Waals surface area contributed by atoms with Crippen LogP contribution in [-0.4, -0.2) is 34.4 Å². The van der Waals surface area contributed by atoms with Crippen molar-refractivity contribution in [2.24, 2.45) is 5.92 Å². The van der Waals surface area contributed by atoms with E-state index in [0.29, 0.717) is 0 Å². The molecule has 0 spiro atoms. The SMILES string of the molecule is CC(O)[C@H](C)[C@H](NC(=O)OCc1ccccc1)C(=O)O. The number of carbonyl (C=O) groups is 2. The van der Waals surface area contributed by atoms with Crippen molar-refractivity contribution < 1.29 is 24.5 Å². The lowest BCUT2D eigenvalue weighted by molar-refractivity contribution is -0.141. The van der Waals surface area contributed by atoms with E-state index in [1.807, 2.05) is 18.2 Å². The van der Waals surface area contributed by atoms with Gasteiger partial charge in [-0.05, 0) is 12.5 Å². The average molecular weight is 281 g/mol. The summed E-state index contributed by atoms with van der Waals surface area (Å²) in [5.74, 6) is -1.84. The van der Waals surface area contributed by atoms with Gasteiger partial charge < -0.3 is 20.3 Å². The maximum absolute atomic E-state index is 11.6. The van der Waals surface area contributed by atoms with E-state index in [1.54, 1.807) is 19.1 Å². The first-order valence-electron chi connectivity index (χ1n) is 6.30. The van der Waals surface area contributed by atoms with Crippen LogP contribution >= 0.6 is 0 Å². The molecule has 1 amide bonds. The molecule has 110 valence electrons. The van der Waals surface area contributed by atoms with Crippen molar-refractivity contribution in [3.63, 3.8) is 0 Å². The van der Waals surface area contributed by atoms with E-state index in [9.17, 15) is 14.7 Å². The molecule has 0 aliphatic carbocycles. The van der Waals surface area contributed by atoms with Gasteiger partial charge in [0.1, 0.15) is 12.6 Å². The zero-order chi connectivity index (χ0) is 15.1. The second-order valence-electron chi connectivity index (χ2n) is 4.62. The Hall–Kier alpha value is -2.08. The molecule has 6 nitrogen and oxygen atoms in total. The van der Waals surface area contributed by atoms with Gasteiger partial charge in [0.05, 0.1) is 6.10 Å². The van der Waals surface area contributed by atoms with Crippen molar-refractivity contribution in [1.29, 1.82) is 0 Å². The molecule has 0 heterocycles. The average Bonchev–Trinajstić information content (AvgIpc) is 2.42. The monoisotopic (exact) mass is 281 g/mol. The summed E-state index contributed by atoms with van der Waals surface area (Å²) in [4.78, 5) is 22.7. The lowest BCUT2D eigenvalue weighted by Crippen LogP contribution is -2.48. The maximum Gasteiger partial charge on any atom is 0.408 e. The molecule has 1 rings (SSSR count). The molecular weight excluding hydrogens is 262 g/mol. The zero-order valence-corrected chi connectivity index (χ0v) is 11.4. The molecule has 0 aliphatic rings. The number of amides is 1. The molecule has 0 bridgehead atoms. The first kappa shape index (κ1) is 16.0. The summed E-state index contributed by atoms with van der Waals surface area (Å²) in [6, 6.07) is 7.85. The van der Waals surface area contributed by atoms with Crippen LogP contribution in [0, 0.1) is 5.92 Å². The number of hydrogen-bond acceptors (Lipinski definition) is 4. The summed E-state index contributed by atoms with van der Waals surface area (Å²) < 4.78 is 4.94. The quantitative estimate of drug-likeness (QED) is 0.732. The highest BCUT2D eigenvalue weighted by molar-refractivity contribution is 5.80. The number of aliphatic hydroxyl groups excluding tert-OH is 1. The minimum atomic E-state index is -1.21. The lowest BCUT2D eigenvalue weighted by atomic mass is 9.97. The second kappa shape index (κ2) is 7.49. The summed E-state index contributed by atoms with van der Waals surface area (Å²) in [6.07, 6.45) is -1.68. The molecular formula is C14H19NO5. The van der Waals surface area contributed by atoms with Gasteiger partial charge in [-0.1, -0.05) is 37.3 Å². The fraction of sp³-hybridized carbons (Fsp3) is 0.429. The van der Waals surface area contributed by atoms with E-state index in [0.717, 1.165) is 5.56 Å². The third-order valence-corrected chi connectivity index (χ3v) is 3.04. The maximum atomic E-state index is 11.6. The van der Waals surface area contributed by atoms with Gasteiger partial charge in [0, 0.05) is 5.92 Å². The largest absolute Gasteiger partial charge is 0.480 e. The van der Waals surface area contributed by atoms with Gasteiger partial charge in [-0.2, -0.15) is 0 Å². The molecule has 0 aromatic heterocycles. The van der Waals surface area contributed by atoms with Crippen LogP contribution in [0.25, 0.3) is 0 Å². The van der Waals surface area contributed by atoms with Gasteiger partial charge in [-0.25, -0.2) is 9.59 Å². The van der Waals surface area contributed by atoms with Crippen molar-refractivity contribution >= 4 is 12.1 Å². The summed E-state index contributed by atoms with van der Waals surface area (Å²) >= 11 is 0. The van der Waals surface area contributed by atoms with E-state index in [2.05, 4.69) is 5.32 Å². The summed E-state index contributed by atoms with van der Waals surface area (Å²) in [7, 11) is 0. The minimum absolute atomic E-state index is 0.0576. The standard InChI is InChI=1S/C14H19NO5/c1-9(10(2)16)12(13(17)18)15-14(19)20-8-11-6-4-3-5-7-11/h3-7,9-10,12,16H,8H2,1-2H3,(H,15,19)(H,17,18)/t9-,10?,12-/m0/s1. The Balaban J connectivity index is 2.52. The van der Waals surface area contributed by atoms with Crippen LogP contribution < -0.4 is 5.32 Å². The van der Waals surface area contributed by atoms with Crippen molar-refractivity contribution in [3.8, 4) is 0 Å². The predicted molar refractivity (Wildman–Crippen MR) is 72.0 cm³/mol. The predicted octanol–water partition coefficient (Wildman–Crippen LogP) is 1.38. The van der Waals surface area contributed by atoms with Crippen LogP contribution in [0.3, 0.4) is 0 Å². The number of hydrogen-bond donors (Lipinski definition) is 3. The normalized spacial score (nSPS) is 14.9. The first-order valence-corrected chi connectivity index (χ1v) is 6.30. The highest BCUT2D eigenvalue weighted by Crippen LogP contribution is 2.09. The molecule has 0 saturated heterocycles. The molecule has 3 atom stereocenters. The fourth-order valence-corrected chi connectivity index (χ4v) is 1.59. The van der Waals surface area contributed by atoms with Gasteiger partial charge >= 0.3 is 12.1 Å². The lowest BCUT2D eigenvalue weighted by Gasteiger charge is -2.23. The van der Waals surface area contributed by atoms with Crippen LogP contribution in [0.1, 0.15) is 19.4 Å². The molecule has 0 radical (unpaired) electrons. The van der Waals surface area contributed by atoms with Crippen molar-refractivity contribution in [3.05, 3.63) is 35.9 Å². The highest BCUT2D eigenvalue weighted by atomic mass is 16.5. The third kappa shape index (κ3) is 4.89. The fourth-order valence-electron chi connectivity index (χ4n) is 1.59. The molecule has 3 N–H and O–H groups in total. The van der Waals surface area contributed by atoms with Gasteiger partial charge in [0.15, 0.2) is 0 Å². The van der Waals surface area contributed by atoms with Crippen LogP contribution in [0.5, 0.6) is 0 Å². The van der Waals surface area contributed by atoms with E-state index in [4.69, 9.17) is 9.84 Å². The van der Waals surface area contributed by atoms with Crippen LogP contribution in [0.15, 0.2) is 30.3 Å². The van der Waals surface area contributed by atoms with Gasteiger partial charge in [-0.15, -0.1) is 0 Å². The Morgan fingerprint density at radius 1 is 1.25 bits per heavy atom. The molecule has 0 saturated carbocycles. The van der Waals surface area contributed by atoms with Crippen LogP contribution in [0.4, 0.5) is 4.79 Å². The minimum Gasteiger partial charge on any atom is -0.480 e. The zero-order valence-electron chi connectivity index (χ0n) is 11.4. The summed E-state index contributed by atoms with van der Waals surface area (Å²) in [6.45, 7) is 3.07. The number of aliphatic hydroxyl groups is 1. The van der Waals surface area contributed by atoms with Gasteiger partial charge in [0.25, 0.3) is 0 Å². The summed E-state index contributed by atoms with van der Waals surface area (Å²) in [5, 5.41) is 20.7. The molecule has 0 aliphatic heterocycles. The Morgan fingerprint density at radius 2 is 1.85 bits per heavy atom. The summed E-state index contributed by atoms with van der Waals surface area (Å²) in [5.41, 5.74) is 0.804. The number of alkyl carbamates (subject to hydrolysis) is 1. The second-order valence-corrected chi connectivity index (χ2v) is 4.62. The third-order valence-electron chi connectivity index (χ3n) is 3.04. The number of ether oxygens (including phenoxy) is 1. The van der Waals surface area contributed by atoms with E-state index < -0.39 is 30.1 Å². The Morgan fingerprint density at radius 3 is 2.35 bits per heavy atom. The smallest absolute Gasteiger partial charge is 0.408 e. The number of carbonyl (C=O) groups excluding carboxylic acids is 1. The number of carboxylic acid groups (broad SMARTS) is 1. The van der Waals surface area contributed by atoms with Gasteiger partial charge in [-0.3, -0.25) is 0 Å². The molecule has 6 heteroatoms. The molecule has 20 heavy (non-hydrogen) atoms. The number of rotatable bonds is 6. The van der Waals surface area contributed by atoms with Crippen LogP contribution in [0.2, 0.25) is 0 Å². The van der Waals surface area contributed by atoms with Crippen molar-refractivity contribution in [2.45, 2.75) is 32.6 Å². The first-order chi connectivity index (χ1) is 9.41. The highest BCUT2D eigenvalue weighted by Gasteiger charge is 2.29. The molecule has 1 unspecified atom stereocenters. The number of nitrogens with one attached hydrogen (secondary N) is 1. The van der Waals surface area contributed by atoms with Crippen LogP contribution in [-0.2, 0) is 16.1 Å². The number of benzene rings is 1. The molecule has 0 fully saturated rings. The number of carboxylic acids is 1. The van der Waals surface area contributed by atoms with Crippen molar-refractivity contribution in [2.75, 3.05) is 0 Å². The number of aliphatic carboxylic acids is 1. The van der Waals surface area contributed by atoms with E-state index in [1.165, 1.54) is 6.92 Å². The molecule has 1 aromatic carbocycles. The Kier molecular flexibility index (Phi) is 5.99.